The van der Waals surface area contributed by atoms with E-state index in [-0.39, 0.29) is 11.9 Å². The predicted molar refractivity (Wildman–Crippen MR) is 82.8 cm³/mol. The van der Waals surface area contributed by atoms with Gasteiger partial charge in [-0.05, 0) is 31.9 Å². The highest BCUT2D eigenvalue weighted by Crippen LogP contribution is 2.23. The zero-order chi connectivity index (χ0) is 14.8. The van der Waals surface area contributed by atoms with Gasteiger partial charge in [0.2, 0.25) is 0 Å². The van der Waals surface area contributed by atoms with Crippen LogP contribution in [0.3, 0.4) is 0 Å². The lowest BCUT2D eigenvalue weighted by Crippen LogP contribution is -2.28. The van der Waals surface area contributed by atoms with Crippen LogP contribution >= 0.6 is 22.9 Å². The average molecular weight is 325 g/mol. The van der Waals surface area contributed by atoms with Gasteiger partial charge in [-0.2, -0.15) is 0 Å². The summed E-state index contributed by atoms with van der Waals surface area (Å²) in [6.45, 7) is 2.87. The molecule has 3 rings (SSSR count). The van der Waals surface area contributed by atoms with E-state index in [0.717, 1.165) is 37.5 Å². The van der Waals surface area contributed by atoms with Gasteiger partial charge in [-0.3, -0.25) is 4.79 Å². The van der Waals surface area contributed by atoms with Crippen molar-refractivity contribution in [3.63, 3.8) is 0 Å². The molecule has 0 saturated carbocycles. The minimum atomic E-state index is -0.169. The molecule has 0 unspecified atom stereocenters. The van der Waals surface area contributed by atoms with Crippen molar-refractivity contribution >= 4 is 28.8 Å². The van der Waals surface area contributed by atoms with E-state index in [4.69, 9.17) is 11.6 Å². The van der Waals surface area contributed by atoms with Crippen molar-refractivity contribution in [2.45, 2.75) is 45.2 Å². The lowest BCUT2D eigenvalue weighted by molar-refractivity contribution is 0.0941. The van der Waals surface area contributed by atoms with Gasteiger partial charge >= 0.3 is 0 Å². The molecule has 0 aromatic carbocycles. The topological polar surface area (TPSA) is 59.8 Å². The number of fused-ring (bicyclic) bond motifs is 1. The largest absolute Gasteiger partial charge is 0.342 e. The third-order valence-corrected chi connectivity index (χ3v) is 4.90. The molecular formula is C14H17ClN4OS. The predicted octanol–water partition coefficient (Wildman–Crippen LogP) is 3.21. The monoisotopic (exact) mass is 324 g/mol. The summed E-state index contributed by atoms with van der Waals surface area (Å²) in [5, 5.41) is 11.5. The fourth-order valence-corrected chi connectivity index (χ4v) is 3.54. The molecule has 0 aliphatic carbocycles. The molecule has 1 atom stereocenters. The summed E-state index contributed by atoms with van der Waals surface area (Å²) in [7, 11) is 0. The lowest BCUT2D eigenvalue weighted by Gasteiger charge is -2.14. The second-order valence-corrected chi connectivity index (χ2v) is 6.95. The second-order valence-electron chi connectivity index (χ2n) is 5.24. The van der Waals surface area contributed by atoms with Crippen LogP contribution in [0.25, 0.3) is 0 Å². The molecule has 7 heteroatoms. The van der Waals surface area contributed by atoms with Crippen molar-refractivity contribution < 1.29 is 4.79 Å². The van der Waals surface area contributed by atoms with E-state index in [0.29, 0.717) is 9.21 Å². The van der Waals surface area contributed by atoms with Crippen LogP contribution in [0.4, 0.5) is 0 Å². The van der Waals surface area contributed by atoms with Crippen molar-refractivity contribution in [2.24, 2.45) is 0 Å². The quantitative estimate of drug-likeness (QED) is 0.943. The summed E-state index contributed by atoms with van der Waals surface area (Å²) in [5.74, 6) is 1.75. The zero-order valence-corrected chi connectivity index (χ0v) is 13.4. The number of halogens is 1. The summed E-state index contributed by atoms with van der Waals surface area (Å²) >= 11 is 7.14. The summed E-state index contributed by atoms with van der Waals surface area (Å²) in [6.07, 6.45) is 4.48. The van der Waals surface area contributed by atoms with Gasteiger partial charge < -0.3 is 9.88 Å². The van der Waals surface area contributed by atoms with E-state index in [1.807, 2.05) is 6.92 Å². The summed E-state index contributed by atoms with van der Waals surface area (Å²) in [4.78, 5) is 12.8. The third-order valence-electron chi connectivity index (χ3n) is 3.67. The minimum absolute atomic E-state index is 0.120. The molecule has 2 aromatic heterocycles. The van der Waals surface area contributed by atoms with E-state index >= 15 is 0 Å². The number of carbonyl (C=O) groups is 1. The molecule has 1 amide bonds. The van der Waals surface area contributed by atoms with E-state index in [9.17, 15) is 4.79 Å². The molecule has 1 N–H and O–H groups in total. The van der Waals surface area contributed by atoms with E-state index in [1.165, 1.54) is 17.8 Å². The van der Waals surface area contributed by atoms with Gasteiger partial charge in [0.05, 0.1) is 15.3 Å². The molecule has 3 heterocycles. The first-order valence-corrected chi connectivity index (χ1v) is 8.33. The Bertz CT molecular complexity index is 651. The highest BCUT2D eigenvalue weighted by atomic mass is 35.5. The Labute approximate surface area is 132 Å². The van der Waals surface area contributed by atoms with Crippen LogP contribution in [0.15, 0.2) is 12.1 Å². The molecule has 1 aliphatic rings. The number of nitrogens with one attached hydrogen (secondary N) is 1. The molecule has 2 aromatic rings. The van der Waals surface area contributed by atoms with Crippen LogP contribution < -0.4 is 5.32 Å². The van der Waals surface area contributed by atoms with Crippen LogP contribution in [0.1, 0.15) is 53.5 Å². The number of aromatic nitrogens is 3. The molecule has 0 saturated heterocycles. The second kappa shape index (κ2) is 6.15. The van der Waals surface area contributed by atoms with Crippen LogP contribution in [0, 0.1) is 0 Å². The third kappa shape index (κ3) is 3.11. The van der Waals surface area contributed by atoms with Crippen molar-refractivity contribution in [2.75, 3.05) is 0 Å². The maximum Gasteiger partial charge on any atom is 0.261 e. The Morgan fingerprint density at radius 1 is 1.38 bits per heavy atom. The Balaban J connectivity index is 1.75. The van der Waals surface area contributed by atoms with E-state index in [1.54, 1.807) is 12.1 Å². The molecule has 112 valence electrons. The number of rotatable bonds is 3. The number of amides is 1. The first-order valence-electron chi connectivity index (χ1n) is 7.13. The summed E-state index contributed by atoms with van der Waals surface area (Å²) in [5.41, 5.74) is 0. The Morgan fingerprint density at radius 2 is 2.24 bits per heavy atom. The van der Waals surface area contributed by atoms with Crippen molar-refractivity contribution in [1.82, 2.24) is 20.1 Å². The number of nitrogens with zero attached hydrogens (tertiary/aromatic N) is 3. The SMILES string of the molecule is C[C@@H](NC(=O)c1ccc(Cl)s1)c1nnc2n1CCCCC2. The zero-order valence-electron chi connectivity index (χ0n) is 11.8. The number of hydrogen-bond acceptors (Lipinski definition) is 4. The van der Waals surface area contributed by atoms with Crippen molar-refractivity contribution in [3.8, 4) is 0 Å². The fourth-order valence-electron chi connectivity index (χ4n) is 2.60. The summed E-state index contributed by atoms with van der Waals surface area (Å²) in [6, 6.07) is 3.30. The Kier molecular flexibility index (Phi) is 4.26. The van der Waals surface area contributed by atoms with Crippen LogP contribution in [0.2, 0.25) is 4.34 Å². The minimum Gasteiger partial charge on any atom is -0.342 e. The number of hydrogen-bond donors (Lipinski definition) is 1. The van der Waals surface area contributed by atoms with Gasteiger partial charge in [0.1, 0.15) is 5.82 Å². The first kappa shape index (κ1) is 14.5. The van der Waals surface area contributed by atoms with Gasteiger partial charge in [0.15, 0.2) is 5.82 Å². The maximum atomic E-state index is 12.2. The number of carbonyl (C=O) groups excluding carboxylic acids is 1. The number of thiophene rings is 1. The standard InChI is InChI=1S/C14H17ClN4OS/c1-9(16-14(20)10-6-7-11(15)21-10)13-18-17-12-5-3-2-4-8-19(12)13/h6-7,9H,2-5,8H2,1H3,(H,16,20)/t9-/m1/s1. The molecule has 0 fully saturated rings. The van der Waals surface area contributed by atoms with E-state index < -0.39 is 0 Å². The van der Waals surface area contributed by atoms with E-state index in [2.05, 4.69) is 20.1 Å². The fraction of sp³-hybridized carbons (Fsp3) is 0.500. The number of aryl methyl sites for hydroxylation is 1. The molecule has 0 spiro atoms. The van der Waals surface area contributed by atoms with Crippen LogP contribution in [-0.2, 0) is 13.0 Å². The molecule has 0 radical (unpaired) electrons. The van der Waals surface area contributed by atoms with Gasteiger partial charge in [-0.25, -0.2) is 0 Å². The molecule has 1 aliphatic heterocycles. The smallest absolute Gasteiger partial charge is 0.261 e. The van der Waals surface area contributed by atoms with Gasteiger partial charge in [0.25, 0.3) is 5.91 Å². The Hall–Kier alpha value is -1.40. The van der Waals surface area contributed by atoms with Gasteiger partial charge in [-0.15, -0.1) is 21.5 Å². The van der Waals surface area contributed by atoms with Gasteiger partial charge in [0, 0.05) is 13.0 Å². The highest BCUT2D eigenvalue weighted by molar-refractivity contribution is 7.17. The van der Waals surface area contributed by atoms with Crippen LogP contribution in [-0.4, -0.2) is 20.7 Å². The maximum absolute atomic E-state index is 12.2. The van der Waals surface area contributed by atoms with Crippen molar-refractivity contribution in [1.29, 1.82) is 0 Å². The first-order chi connectivity index (χ1) is 10.1. The lowest BCUT2D eigenvalue weighted by atomic mass is 10.2. The molecule has 21 heavy (non-hydrogen) atoms. The van der Waals surface area contributed by atoms with Crippen LogP contribution in [0.5, 0.6) is 0 Å². The average Bonchev–Trinajstić information content (AvgIpc) is 2.99. The normalized spacial score (nSPS) is 16.1. The molecule has 0 bridgehead atoms. The Morgan fingerprint density at radius 3 is 3.00 bits per heavy atom. The summed E-state index contributed by atoms with van der Waals surface area (Å²) < 4.78 is 2.77. The van der Waals surface area contributed by atoms with Crippen molar-refractivity contribution in [3.05, 3.63) is 33.0 Å². The molecule has 5 nitrogen and oxygen atoms in total. The molecular weight excluding hydrogens is 308 g/mol. The highest BCUT2D eigenvalue weighted by Gasteiger charge is 2.21. The van der Waals surface area contributed by atoms with Gasteiger partial charge in [-0.1, -0.05) is 18.0 Å².